The van der Waals surface area contributed by atoms with Gasteiger partial charge in [-0.1, -0.05) is 18.3 Å². The maximum absolute atomic E-state index is 11.7. The summed E-state index contributed by atoms with van der Waals surface area (Å²) in [6, 6.07) is 5.35. The maximum Gasteiger partial charge on any atom is 0.169 e. The van der Waals surface area contributed by atoms with Crippen molar-refractivity contribution in [1.82, 2.24) is 4.98 Å². The van der Waals surface area contributed by atoms with Crippen LogP contribution in [-0.2, 0) is 4.79 Å². The van der Waals surface area contributed by atoms with Gasteiger partial charge in [0.2, 0.25) is 0 Å². The van der Waals surface area contributed by atoms with E-state index >= 15 is 0 Å². The summed E-state index contributed by atoms with van der Waals surface area (Å²) >= 11 is 5.12. The summed E-state index contributed by atoms with van der Waals surface area (Å²) in [7, 11) is 0. The van der Waals surface area contributed by atoms with Gasteiger partial charge < -0.3 is 10.4 Å². The molecular formula is C12H12N2O2S. The molecule has 2 N–H and O–H groups in total. The number of ketones is 1. The molecule has 0 spiro atoms. The van der Waals surface area contributed by atoms with Gasteiger partial charge in [-0.3, -0.25) is 4.79 Å². The molecule has 0 aliphatic heterocycles. The van der Waals surface area contributed by atoms with E-state index in [1.807, 2.05) is 6.07 Å². The molecule has 88 valence electrons. The Morgan fingerprint density at radius 2 is 2.24 bits per heavy atom. The lowest BCUT2D eigenvalue weighted by Crippen LogP contribution is -2.23. The number of nitrogens with zero attached hydrogens (tertiary/aromatic N) is 1. The smallest absolute Gasteiger partial charge is 0.169 e. The van der Waals surface area contributed by atoms with Crippen LogP contribution in [-0.4, -0.2) is 20.9 Å². The van der Waals surface area contributed by atoms with Crippen molar-refractivity contribution < 1.29 is 9.90 Å². The molecule has 5 heteroatoms. The molecule has 0 bridgehead atoms. The quantitative estimate of drug-likeness (QED) is 0.787. The summed E-state index contributed by atoms with van der Waals surface area (Å²) in [5, 5.41) is 12.6. The van der Waals surface area contributed by atoms with E-state index in [2.05, 4.69) is 10.3 Å². The van der Waals surface area contributed by atoms with Crippen LogP contribution < -0.4 is 5.32 Å². The topological polar surface area (TPSA) is 62.2 Å². The van der Waals surface area contributed by atoms with Crippen LogP contribution in [0, 0.1) is 0 Å². The molecule has 1 aliphatic carbocycles. The van der Waals surface area contributed by atoms with Crippen molar-refractivity contribution in [2.75, 3.05) is 5.32 Å². The summed E-state index contributed by atoms with van der Waals surface area (Å²) in [6.07, 6.45) is 3.25. The van der Waals surface area contributed by atoms with E-state index in [1.54, 1.807) is 18.3 Å². The first-order valence-electron chi connectivity index (χ1n) is 5.36. The van der Waals surface area contributed by atoms with Gasteiger partial charge >= 0.3 is 0 Å². The Kier molecular flexibility index (Phi) is 3.49. The Morgan fingerprint density at radius 1 is 1.41 bits per heavy atom. The SMILES string of the molecule is O=C1CCCC(O)=C1C(=S)Nc1ccccn1. The predicted molar refractivity (Wildman–Crippen MR) is 69.0 cm³/mol. The second-order valence-corrected chi connectivity index (χ2v) is 4.18. The molecule has 2 rings (SSSR count). The highest BCUT2D eigenvalue weighted by molar-refractivity contribution is 7.81. The standard InChI is InChI=1S/C12H12N2O2S/c15-8-4-3-5-9(16)11(8)12(17)14-10-6-1-2-7-13-10/h1-2,6-7,15H,3-5H2,(H,13,14,17). The Labute approximate surface area is 104 Å². The first-order valence-corrected chi connectivity index (χ1v) is 5.77. The van der Waals surface area contributed by atoms with Crippen LogP contribution in [0.15, 0.2) is 35.7 Å². The molecule has 0 saturated carbocycles. The second-order valence-electron chi connectivity index (χ2n) is 3.77. The summed E-state index contributed by atoms with van der Waals surface area (Å²) in [4.78, 5) is 16.0. The third-order valence-corrected chi connectivity index (χ3v) is 2.82. The first-order chi connectivity index (χ1) is 8.18. The van der Waals surface area contributed by atoms with Crippen molar-refractivity contribution in [2.45, 2.75) is 19.3 Å². The normalized spacial score (nSPS) is 15.9. The summed E-state index contributed by atoms with van der Waals surface area (Å²) in [6.45, 7) is 0. The number of hydrogen-bond donors (Lipinski definition) is 2. The van der Waals surface area contributed by atoms with Crippen molar-refractivity contribution in [3.05, 3.63) is 35.7 Å². The van der Waals surface area contributed by atoms with E-state index in [0.29, 0.717) is 25.1 Å². The number of allylic oxidation sites excluding steroid dienone is 1. The van der Waals surface area contributed by atoms with Crippen LogP contribution >= 0.6 is 12.2 Å². The van der Waals surface area contributed by atoms with Gasteiger partial charge in [-0.2, -0.15) is 0 Å². The lowest BCUT2D eigenvalue weighted by molar-refractivity contribution is -0.115. The monoisotopic (exact) mass is 248 g/mol. The van der Waals surface area contributed by atoms with Crippen molar-refractivity contribution >= 4 is 28.8 Å². The fourth-order valence-corrected chi connectivity index (χ4v) is 2.04. The first kappa shape index (κ1) is 11.7. The molecule has 1 aromatic heterocycles. The number of aliphatic hydroxyl groups excluding tert-OH is 1. The Balaban J connectivity index is 2.18. The lowest BCUT2D eigenvalue weighted by atomic mass is 9.96. The van der Waals surface area contributed by atoms with Gasteiger partial charge in [0.1, 0.15) is 16.6 Å². The molecule has 4 nitrogen and oxygen atoms in total. The van der Waals surface area contributed by atoms with Crippen LogP contribution in [0.25, 0.3) is 0 Å². The largest absolute Gasteiger partial charge is 0.511 e. The fourth-order valence-electron chi connectivity index (χ4n) is 1.70. The molecule has 1 aliphatic rings. The minimum Gasteiger partial charge on any atom is -0.511 e. The van der Waals surface area contributed by atoms with Gasteiger partial charge in [0.15, 0.2) is 5.78 Å². The van der Waals surface area contributed by atoms with E-state index < -0.39 is 0 Å². The average Bonchev–Trinajstić information content (AvgIpc) is 2.30. The predicted octanol–water partition coefficient (Wildman–Crippen LogP) is 2.39. The number of aromatic nitrogens is 1. The Hall–Kier alpha value is -1.75. The second kappa shape index (κ2) is 5.05. The number of nitrogens with one attached hydrogen (secondary N) is 1. The lowest BCUT2D eigenvalue weighted by Gasteiger charge is -2.16. The zero-order valence-corrected chi connectivity index (χ0v) is 9.96. The number of carbonyl (C=O) groups is 1. The highest BCUT2D eigenvalue weighted by atomic mass is 32.1. The zero-order chi connectivity index (χ0) is 12.3. The molecule has 0 unspecified atom stereocenters. The van der Waals surface area contributed by atoms with Crippen LogP contribution in [0.5, 0.6) is 0 Å². The van der Waals surface area contributed by atoms with Crippen LogP contribution in [0.4, 0.5) is 5.82 Å². The van der Waals surface area contributed by atoms with Gasteiger partial charge in [0.05, 0.1) is 5.57 Å². The molecular weight excluding hydrogens is 236 g/mol. The molecule has 1 aromatic rings. The van der Waals surface area contributed by atoms with E-state index in [0.717, 1.165) is 0 Å². The van der Waals surface area contributed by atoms with Crippen molar-refractivity contribution in [2.24, 2.45) is 0 Å². The van der Waals surface area contributed by atoms with Crippen molar-refractivity contribution in [1.29, 1.82) is 0 Å². The third kappa shape index (κ3) is 2.68. The number of rotatable bonds is 2. The van der Waals surface area contributed by atoms with Crippen LogP contribution in [0.1, 0.15) is 19.3 Å². The summed E-state index contributed by atoms with van der Waals surface area (Å²) in [5.41, 5.74) is 0.233. The Bertz CT molecular complexity index is 483. The van der Waals surface area contributed by atoms with Gasteiger partial charge in [0, 0.05) is 19.0 Å². The number of anilines is 1. The molecule has 0 radical (unpaired) electrons. The van der Waals surface area contributed by atoms with Crippen LogP contribution in [0.3, 0.4) is 0 Å². The molecule has 0 atom stereocenters. The van der Waals surface area contributed by atoms with E-state index in [9.17, 15) is 9.90 Å². The molecule has 1 heterocycles. The minimum atomic E-state index is -0.109. The summed E-state index contributed by atoms with van der Waals surface area (Å²) < 4.78 is 0. The van der Waals surface area contributed by atoms with Crippen LogP contribution in [0.2, 0.25) is 0 Å². The van der Waals surface area contributed by atoms with E-state index in [1.165, 1.54) is 0 Å². The Morgan fingerprint density at radius 3 is 2.88 bits per heavy atom. The fraction of sp³-hybridized carbons (Fsp3) is 0.250. The van der Waals surface area contributed by atoms with Crippen molar-refractivity contribution in [3.8, 4) is 0 Å². The van der Waals surface area contributed by atoms with Crippen molar-refractivity contribution in [3.63, 3.8) is 0 Å². The molecule has 17 heavy (non-hydrogen) atoms. The molecule has 0 fully saturated rings. The number of thiocarbonyl (C=S) groups is 1. The average molecular weight is 248 g/mol. The number of hydrogen-bond acceptors (Lipinski definition) is 4. The number of carbonyl (C=O) groups excluding carboxylic acids is 1. The van der Waals surface area contributed by atoms with Gasteiger partial charge in [-0.25, -0.2) is 4.98 Å². The number of pyridine rings is 1. The van der Waals surface area contributed by atoms with Gasteiger partial charge in [0.25, 0.3) is 0 Å². The highest BCUT2D eigenvalue weighted by Gasteiger charge is 2.23. The third-order valence-electron chi connectivity index (χ3n) is 2.52. The van der Waals surface area contributed by atoms with Gasteiger partial charge in [-0.05, 0) is 18.6 Å². The summed E-state index contributed by atoms with van der Waals surface area (Å²) in [5.74, 6) is 0.535. The van der Waals surface area contributed by atoms with E-state index in [-0.39, 0.29) is 22.1 Å². The molecule has 0 aromatic carbocycles. The van der Waals surface area contributed by atoms with E-state index in [4.69, 9.17) is 12.2 Å². The highest BCUT2D eigenvalue weighted by Crippen LogP contribution is 2.21. The minimum absolute atomic E-state index is 0.0784. The zero-order valence-electron chi connectivity index (χ0n) is 9.14. The molecule has 0 saturated heterocycles. The molecule has 0 amide bonds. The number of aliphatic hydroxyl groups is 1. The number of Topliss-reactive ketones (excluding diaryl/α,β-unsaturated/α-hetero) is 1. The van der Waals surface area contributed by atoms with Gasteiger partial charge in [-0.15, -0.1) is 0 Å². The maximum atomic E-state index is 11.7.